The Kier molecular flexibility index (Phi) is 5.89. The van der Waals surface area contributed by atoms with Crippen molar-refractivity contribution in [2.24, 2.45) is 0 Å². The van der Waals surface area contributed by atoms with Crippen LogP contribution in [0.4, 0.5) is 23.2 Å². The first-order chi connectivity index (χ1) is 17.1. The molecule has 0 spiro atoms. The lowest BCUT2D eigenvalue weighted by Gasteiger charge is -2.34. The summed E-state index contributed by atoms with van der Waals surface area (Å²) in [6.45, 7) is 6.03. The molecule has 2 N–H and O–H groups in total. The lowest BCUT2D eigenvalue weighted by Crippen LogP contribution is -2.43. The quantitative estimate of drug-likeness (QED) is 0.282. The standard InChI is InChI=1S/C26H23F4N5O/c1-14-12-31-24-9-6-16(13-35(14)24)25(36)34-20-5-3-4-19(15(20)2)32-22-11-23(26(28,29)30)33-21-8-7-17(27)10-18(21)22/h6-13,19-20H,2-5H2,1H3,(H,32,33)(H,34,36)/t19-,20?/m0/s1. The number of nitrogens with zero attached hydrogens (tertiary/aromatic N) is 3. The fourth-order valence-corrected chi connectivity index (χ4v) is 4.60. The summed E-state index contributed by atoms with van der Waals surface area (Å²) >= 11 is 0. The molecule has 0 aliphatic heterocycles. The first-order valence-corrected chi connectivity index (χ1v) is 11.5. The summed E-state index contributed by atoms with van der Waals surface area (Å²) in [5, 5.41) is 6.35. The zero-order valence-corrected chi connectivity index (χ0v) is 19.4. The number of hydrogen-bond acceptors (Lipinski definition) is 4. The molecule has 3 heterocycles. The molecule has 1 amide bonds. The molecule has 2 atom stereocenters. The molecule has 1 aliphatic rings. The van der Waals surface area contributed by atoms with Gasteiger partial charge < -0.3 is 15.0 Å². The van der Waals surface area contributed by atoms with Gasteiger partial charge in [-0.2, -0.15) is 13.2 Å². The highest BCUT2D eigenvalue weighted by atomic mass is 19.4. The third-order valence-electron chi connectivity index (χ3n) is 6.53. The van der Waals surface area contributed by atoms with E-state index in [4.69, 9.17) is 0 Å². The van der Waals surface area contributed by atoms with Gasteiger partial charge >= 0.3 is 6.18 Å². The van der Waals surface area contributed by atoms with Crippen LogP contribution in [0, 0.1) is 12.7 Å². The molecule has 5 rings (SSSR count). The van der Waals surface area contributed by atoms with E-state index >= 15 is 0 Å². The molecule has 36 heavy (non-hydrogen) atoms. The molecule has 3 aromatic heterocycles. The number of amides is 1. The van der Waals surface area contributed by atoms with Gasteiger partial charge in [0.25, 0.3) is 5.91 Å². The van der Waals surface area contributed by atoms with E-state index in [1.807, 2.05) is 11.3 Å². The first-order valence-electron chi connectivity index (χ1n) is 11.5. The molecule has 1 unspecified atom stereocenters. The Morgan fingerprint density at radius 1 is 1.14 bits per heavy atom. The van der Waals surface area contributed by atoms with E-state index in [-0.39, 0.29) is 28.5 Å². The molecule has 0 bridgehead atoms. The Morgan fingerprint density at radius 3 is 2.69 bits per heavy atom. The van der Waals surface area contributed by atoms with Gasteiger partial charge in [0.15, 0.2) is 0 Å². The third kappa shape index (κ3) is 4.50. The molecule has 1 aliphatic carbocycles. The van der Waals surface area contributed by atoms with Crippen molar-refractivity contribution in [3.8, 4) is 0 Å². The summed E-state index contributed by atoms with van der Waals surface area (Å²) in [4.78, 5) is 20.9. The zero-order valence-electron chi connectivity index (χ0n) is 19.4. The van der Waals surface area contributed by atoms with Crippen LogP contribution in [-0.4, -0.2) is 32.4 Å². The molecule has 6 nitrogen and oxygen atoms in total. The molecule has 186 valence electrons. The van der Waals surface area contributed by atoms with E-state index in [1.165, 1.54) is 6.07 Å². The Labute approximate surface area is 204 Å². The predicted octanol–water partition coefficient (Wildman–Crippen LogP) is 5.67. The van der Waals surface area contributed by atoms with Crippen molar-refractivity contribution in [1.29, 1.82) is 0 Å². The van der Waals surface area contributed by atoms with E-state index in [1.54, 1.807) is 24.5 Å². The molecule has 1 saturated carbocycles. The maximum absolute atomic E-state index is 13.9. The number of benzene rings is 1. The SMILES string of the molecule is C=C1C(NC(=O)c2ccc3ncc(C)n3c2)CCC[C@@H]1Nc1cc(C(F)(F)F)nc2ccc(F)cc12. The Bertz CT molecular complexity index is 1490. The summed E-state index contributed by atoms with van der Waals surface area (Å²) in [7, 11) is 0. The molecule has 4 aromatic rings. The minimum atomic E-state index is -4.66. The number of anilines is 1. The van der Waals surface area contributed by atoms with E-state index < -0.39 is 23.7 Å². The number of alkyl halides is 3. The van der Waals surface area contributed by atoms with Gasteiger partial charge in [0.2, 0.25) is 0 Å². The third-order valence-corrected chi connectivity index (χ3v) is 6.53. The van der Waals surface area contributed by atoms with Crippen molar-refractivity contribution in [1.82, 2.24) is 19.7 Å². The number of aryl methyl sites for hydroxylation is 1. The fraction of sp³-hybridized carbons (Fsp3) is 0.269. The van der Waals surface area contributed by atoms with Crippen LogP contribution >= 0.6 is 0 Å². The normalized spacial score (nSPS) is 18.5. The predicted molar refractivity (Wildman–Crippen MR) is 128 cm³/mol. The Morgan fingerprint density at radius 2 is 1.92 bits per heavy atom. The van der Waals surface area contributed by atoms with Gasteiger partial charge in [-0.15, -0.1) is 0 Å². The van der Waals surface area contributed by atoms with Gasteiger partial charge in [0, 0.05) is 35.2 Å². The van der Waals surface area contributed by atoms with Crippen LogP contribution in [0.1, 0.15) is 41.0 Å². The second-order valence-electron chi connectivity index (χ2n) is 8.99. The van der Waals surface area contributed by atoms with Crippen molar-refractivity contribution in [3.63, 3.8) is 0 Å². The minimum absolute atomic E-state index is 0.0326. The molecule has 10 heteroatoms. The van der Waals surface area contributed by atoms with Gasteiger partial charge in [-0.1, -0.05) is 6.58 Å². The lowest BCUT2D eigenvalue weighted by molar-refractivity contribution is -0.140. The molecule has 1 fully saturated rings. The van der Waals surface area contributed by atoms with E-state index in [9.17, 15) is 22.4 Å². The van der Waals surface area contributed by atoms with Crippen molar-refractivity contribution < 1.29 is 22.4 Å². The van der Waals surface area contributed by atoms with Crippen molar-refractivity contribution in [2.45, 2.75) is 44.4 Å². The molecule has 1 aromatic carbocycles. The second-order valence-corrected chi connectivity index (χ2v) is 8.99. The van der Waals surface area contributed by atoms with Crippen molar-refractivity contribution in [2.75, 3.05) is 5.32 Å². The van der Waals surface area contributed by atoms with E-state index in [0.29, 0.717) is 30.4 Å². The molecule has 0 saturated heterocycles. The van der Waals surface area contributed by atoms with Crippen LogP contribution in [0.5, 0.6) is 0 Å². The number of nitrogens with one attached hydrogen (secondary N) is 2. The van der Waals surface area contributed by atoms with Crippen molar-refractivity contribution >= 4 is 28.1 Å². The smallest absolute Gasteiger partial charge is 0.378 e. The summed E-state index contributed by atoms with van der Waals surface area (Å²) in [6.07, 6.45) is 0.735. The summed E-state index contributed by atoms with van der Waals surface area (Å²) in [6, 6.07) is 7.00. The average Bonchev–Trinajstić information content (AvgIpc) is 3.21. The van der Waals surface area contributed by atoms with Crippen LogP contribution in [0.3, 0.4) is 0 Å². The molecular weight excluding hydrogens is 474 g/mol. The summed E-state index contributed by atoms with van der Waals surface area (Å²) in [5.41, 5.74) is 1.80. The van der Waals surface area contributed by atoms with E-state index in [0.717, 1.165) is 29.5 Å². The minimum Gasteiger partial charge on any atom is -0.378 e. The highest BCUT2D eigenvalue weighted by Crippen LogP contribution is 2.35. The van der Waals surface area contributed by atoms with E-state index in [2.05, 4.69) is 27.2 Å². The van der Waals surface area contributed by atoms with Crippen LogP contribution in [-0.2, 0) is 6.18 Å². The summed E-state index contributed by atoms with van der Waals surface area (Å²) in [5.74, 6) is -0.864. The largest absolute Gasteiger partial charge is 0.433 e. The molecule has 0 radical (unpaired) electrons. The van der Waals surface area contributed by atoms with Gasteiger partial charge in [-0.25, -0.2) is 14.4 Å². The van der Waals surface area contributed by atoms with Crippen LogP contribution in [0.25, 0.3) is 16.6 Å². The van der Waals surface area contributed by atoms with Crippen LogP contribution in [0.15, 0.2) is 60.9 Å². The maximum Gasteiger partial charge on any atom is 0.433 e. The van der Waals surface area contributed by atoms with Crippen LogP contribution in [0.2, 0.25) is 0 Å². The second kappa shape index (κ2) is 8.92. The van der Waals surface area contributed by atoms with Gasteiger partial charge in [-0.05, 0) is 68.2 Å². The number of hydrogen-bond donors (Lipinski definition) is 2. The lowest BCUT2D eigenvalue weighted by atomic mass is 9.86. The van der Waals surface area contributed by atoms with Crippen LogP contribution < -0.4 is 10.6 Å². The van der Waals surface area contributed by atoms with Gasteiger partial charge in [0.05, 0.1) is 17.1 Å². The fourth-order valence-electron chi connectivity index (χ4n) is 4.60. The highest BCUT2D eigenvalue weighted by Gasteiger charge is 2.34. The van der Waals surface area contributed by atoms with Gasteiger partial charge in [0.1, 0.15) is 17.2 Å². The number of halogens is 4. The number of rotatable bonds is 4. The topological polar surface area (TPSA) is 71.3 Å². The zero-order chi connectivity index (χ0) is 25.6. The number of carbonyl (C=O) groups excluding carboxylic acids is 1. The number of imidazole rings is 1. The van der Waals surface area contributed by atoms with Gasteiger partial charge in [-0.3, -0.25) is 4.79 Å². The number of pyridine rings is 2. The Hall–Kier alpha value is -3.95. The summed E-state index contributed by atoms with van der Waals surface area (Å²) < 4.78 is 56.1. The first kappa shape index (κ1) is 23.8. The highest BCUT2D eigenvalue weighted by molar-refractivity contribution is 5.95. The molecular formula is C26H23F4N5O. The average molecular weight is 497 g/mol. The maximum atomic E-state index is 13.9. The number of aromatic nitrogens is 3. The number of fused-ring (bicyclic) bond motifs is 2. The van der Waals surface area contributed by atoms with Crippen molar-refractivity contribution in [3.05, 3.63) is 83.7 Å². The Balaban J connectivity index is 1.39. The monoisotopic (exact) mass is 497 g/mol. The number of carbonyl (C=O) groups is 1.